The van der Waals surface area contributed by atoms with E-state index in [0.717, 1.165) is 24.3 Å². The van der Waals surface area contributed by atoms with E-state index in [2.05, 4.69) is 5.32 Å². The van der Waals surface area contributed by atoms with Gasteiger partial charge in [-0.1, -0.05) is 18.2 Å². The molecule has 0 heterocycles. The second-order valence-electron chi connectivity index (χ2n) is 8.15. The topological polar surface area (TPSA) is 119 Å². The molecule has 0 saturated carbocycles. The molecule has 0 aromatic heterocycles. The molecule has 0 aliphatic heterocycles. The van der Waals surface area contributed by atoms with Gasteiger partial charge in [-0.25, -0.2) is 14.4 Å². The quantitative estimate of drug-likeness (QED) is 0.174. The summed E-state index contributed by atoms with van der Waals surface area (Å²) in [5, 5.41) is 12.0. The summed E-state index contributed by atoms with van der Waals surface area (Å²) in [7, 11) is 0. The van der Waals surface area contributed by atoms with Crippen LogP contribution in [0.15, 0.2) is 72.8 Å². The monoisotopic (exact) mass is 695 g/mol. The van der Waals surface area contributed by atoms with Gasteiger partial charge in [0.25, 0.3) is 5.91 Å². The number of carboxylic acid groups (broad SMARTS) is 1. The van der Waals surface area contributed by atoms with Crippen LogP contribution in [0.1, 0.15) is 31.8 Å². The zero-order valence-electron chi connectivity index (χ0n) is 20.1. The number of ether oxygens (including phenoxy) is 2. The smallest absolute Gasteiger partial charge is 0.416 e. The van der Waals surface area contributed by atoms with Crippen molar-refractivity contribution in [2.24, 2.45) is 0 Å². The van der Waals surface area contributed by atoms with E-state index in [4.69, 9.17) is 9.47 Å². The highest BCUT2D eigenvalue weighted by Crippen LogP contribution is 2.31. The lowest BCUT2D eigenvalue weighted by Gasteiger charge is -2.24. The Hall–Kier alpha value is -4.15. The van der Waals surface area contributed by atoms with Crippen LogP contribution in [0.5, 0.6) is 0 Å². The van der Waals surface area contributed by atoms with Gasteiger partial charge >= 0.3 is 30.3 Å². The summed E-state index contributed by atoms with van der Waals surface area (Å²) in [5.74, 6) is -6.62. The van der Waals surface area contributed by atoms with Gasteiger partial charge in [0.1, 0.15) is 0 Å². The van der Waals surface area contributed by atoms with E-state index in [-0.39, 0.29) is 5.69 Å². The van der Waals surface area contributed by atoms with Crippen LogP contribution < -0.4 is 5.32 Å². The minimum atomic E-state index is -4.86. The van der Waals surface area contributed by atoms with E-state index in [9.17, 15) is 50.6 Å². The number of anilines is 1. The van der Waals surface area contributed by atoms with Crippen LogP contribution in [0.25, 0.3) is 0 Å². The first-order valence-electron chi connectivity index (χ1n) is 11.1. The SMILES string of the molecule is O=C(O[C@H](C(=O)Nc1cccc(I)c1)[C@@H](OC(=O)c1cccc(C(F)(F)F)c1)C(=O)O)c1cccc(C(F)(F)F)c1. The van der Waals surface area contributed by atoms with Crippen LogP contribution in [-0.4, -0.2) is 41.1 Å². The number of hydrogen-bond acceptors (Lipinski definition) is 6. The number of hydrogen-bond donors (Lipinski definition) is 2. The third-order valence-corrected chi connectivity index (χ3v) is 5.86. The fraction of sp³-hybridized carbons (Fsp3) is 0.154. The summed E-state index contributed by atoms with van der Waals surface area (Å²) < 4.78 is 88.9. The second kappa shape index (κ2) is 12.6. The van der Waals surface area contributed by atoms with Crippen LogP contribution >= 0.6 is 22.6 Å². The zero-order valence-corrected chi connectivity index (χ0v) is 22.3. The Morgan fingerprint density at radius 1 is 0.707 bits per heavy atom. The van der Waals surface area contributed by atoms with Gasteiger partial charge in [-0.2, -0.15) is 26.3 Å². The molecule has 0 spiro atoms. The zero-order chi connectivity index (χ0) is 30.5. The fourth-order valence-electron chi connectivity index (χ4n) is 3.29. The minimum Gasteiger partial charge on any atom is -0.478 e. The Balaban J connectivity index is 1.97. The lowest BCUT2D eigenvalue weighted by atomic mass is 10.1. The Labute approximate surface area is 240 Å². The Morgan fingerprint density at radius 3 is 1.61 bits per heavy atom. The molecular formula is C26H16F6INO7. The summed E-state index contributed by atoms with van der Waals surface area (Å²) in [6, 6.07) is 11.5. The number of nitrogens with one attached hydrogen (secondary N) is 1. The van der Waals surface area contributed by atoms with Crippen molar-refractivity contribution < 1.29 is 60.1 Å². The van der Waals surface area contributed by atoms with Crippen molar-refractivity contribution in [1.82, 2.24) is 0 Å². The Bertz CT molecular complexity index is 1470. The van der Waals surface area contributed by atoms with E-state index in [1.807, 2.05) is 22.6 Å². The number of aliphatic carboxylic acids is 1. The fourth-order valence-corrected chi connectivity index (χ4v) is 3.83. The van der Waals surface area contributed by atoms with Gasteiger partial charge in [-0.05, 0) is 77.2 Å². The van der Waals surface area contributed by atoms with Crippen LogP contribution in [0.3, 0.4) is 0 Å². The average molecular weight is 695 g/mol. The molecule has 0 unspecified atom stereocenters. The maximum Gasteiger partial charge on any atom is 0.416 e. The molecule has 0 radical (unpaired) electrons. The van der Waals surface area contributed by atoms with Crippen molar-refractivity contribution in [2.75, 3.05) is 5.32 Å². The summed E-state index contributed by atoms with van der Waals surface area (Å²) in [5.41, 5.74) is -3.90. The van der Waals surface area contributed by atoms with Gasteiger partial charge < -0.3 is 19.9 Å². The van der Waals surface area contributed by atoms with E-state index >= 15 is 0 Å². The molecule has 0 bridgehead atoms. The van der Waals surface area contributed by atoms with Gasteiger partial charge in [-0.15, -0.1) is 0 Å². The van der Waals surface area contributed by atoms with Crippen LogP contribution in [0, 0.1) is 3.57 Å². The van der Waals surface area contributed by atoms with E-state index in [1.165, 1.54) is 18.2 Å². The van der Waals surface area contributed by atoms with Gasteiger partial charge in [0.2, 0.25) is 12.2 Å². The van der Waals surface area contributed by atoms with Crippen molar-refractivity contribution in [3.63, 3.8) is 0 Å². The molecule has 8 nitrogen and oxygen atoms in total. The Kier molecular flexibility index (Phi) is 9.62. The second-order valence-corrected chi connectivity index (χ2v) is 9.39. The summed E-state index contributed by atoms with van der Waals surface area (Å²) in [4.78, 5) is 50.5. The molecule has 3 rings (SSSR count). The lowest BCUT2D eigenvalue weighted by Crippen LogP contribution is -2.48. The molecule has 3 aromatic rings. The van der Waals surface area contributed by atoms with Gasteiger partial charge in [-0.3, -0.25) is 4.79 Å². The summed E-state index contributed by atoms with van der Waals surface area (Å²) >= 11 is 1.89. The number of amides is 1. The summed E-state index contributed by atoms with van der Waals surface area (Å²) in [6.45, 7) is 0. The van der Waals surface area contributed by atoms with E-state index in [1.54, 1.807) is 6.07 Å². The molecule has 41 heavy (non-hydrogen) atoms. The highest BCUT2D eigenvalue weighted by molar-refractivity contribution is 14.1. The molecule has 216 valence electrons. The normalized spacial score (nSPS) is 13.0. The molecule has 0 fully saturated rings. The van der Waals surface area contributed by atoms with E-state index < -0.39 is 70.6 Å². The number of carbonyl (C=O) groups is 4. The Morgan fingerprint density at radius 2 is 1.17 bits per heavy atom. The first-order valence-corrected chi connectivity index (χ1v) is 12.2. The molecule has 0 aliphatic rings. The number of esters is 2. The summed E-state index contributed by atoms with van der Waals surface area (Å²) in [6.07, 6.45) is -14.9. The third-order valence-electron chi connectivity index (χ3n) is 5.19. The average Bonchev–Trinajstić information content (AvgIpc) is 2.89. The number of benzene rings is 3. The maximum atomic E-state index is 13.1. The number of alkyl halides is 6. The van der Waals surface area contributed by atoms with Crippen molar-refractivity contribution in [3.05, 3.63) is 98.6 Å². The first-order chi connectivity index (χ1) is 19.1. The number of carbonyl (C=O) groups excluding carboxylic acids is 3. The molecule has 15 heteroatoms. The third kappa shape index (κ3) is 8.42. The van der Waals surface area contributed by atoms with Gasteiger partial charge in [0.15, 0.2) is 0 Å². The van der Waals surface area contributed by atoms with Crippen LogP contribution in [-0.2, 0) is 31.4 Å². The molecule has 0 saturated heterocycles. The molecule has 2 N–H and O–H groups in total. The molecule has 1 amide bonds. The van der Waals surface area contributed by atoms with Crippen molar-refractivity contribution >= 4 is 52.1 Å². The minimum absolute atomic E-state index is 0.0790. The number of rotatable bonds is 8. The largest absolute Gasteiger partial charge is 0.478 e. The number of carboxylic acids is 1. The highest BCUT2D eigenvalue weighted by Gasteiger charge is 2.42. The highest BCUT2D eigenvalue weighted by atomic mass is 127. The standard InChI is InChI=1S/C26H16F6INO7/c27-25(28,29)15-6-1-4-13(10-15)23(38)40-19(21(35)34-18-9-3-8-17(33)12-18)20(22(36)37)41-24(39)14-5-2-7-16(11-14)26(30,31)32/h1-12,19-20H,(H,34,35)(H,36,37)/t19-,20+/m0/s1. The van der Waals surface area contributed by atoms with Crippen molar-refractivity contribution in [1.29, 1.82) is 0 Å². The van der Waals surface area contributed by atoms with Gasteiger partial charge in [0, 0.05) is 9.26 Å². The van der Waals surface area contributed by atoms with Crippen LogP contribution in [0.2, 0.25) is 0 Å². The van der Waals surface area contributed by atoms with Crippen molar-refractivity contribution in [3.8, 4) is 0 Å². The molecule has 3 aromatic carbocycles. The predicted octanol–water partition coefficient (Wildman–Crippen LogP) is 5.80. The molecule has 0 aliphatic carbocycles. The van der Waals surface area contributed by atoms with E-state index in [0.29, 0.717) is 27.8 Å². The van der Waals surface area contributed by atoms with Crippen LogP contribution in [0.4, 0.5) is 32.0 Å². The predicted molar refractivity (Wildman–Crippen MR) is 137 cm³/mol. The van der Waals surface area contributed by atoms with Gasteiger partial charge in [0.05, 0.1) is 22.3 Å². The van der Waals surface area contributed by atoms with Crippen molar-refractivity contribution in [2.45, 2.75) is 24.6 Å². The first kappa shape index (κ1) is 31.4. The molecular weight excluding hydrogens is 679 g/mol. The molecule has 2 atom stereocenters. The maximum absolute atomic E-state index is 13.1. The number of halogens is 7. The lowest BCUT2D eigenvalue weighted by molar-refractivity contribution is -0.157.